The summed E-state index contributed by atoms with van der Waals surface area (Å²) in [6.45, 7) is 0.388. The summed E-state index contributed by atoms with van der Waals surface area (Å²) in [7, 11) is 1.62. The molecule has 6 nitrogen and oxygen atoms in total. The Labute approximate surface area is 147 Å². The van der Waals surface area contributed by atoms with Gasteiger partial charge in [-0.2, -0.15) is 0 Å². The Kier molecular flexibility index (Phi) is 3.99. The molecule has 0 aliphatic rings. The van der Waals surface area contributed by atoms with Crippen LogP contribution in [-0.4, -0.2) is 17.1 Å². The molecular weight excluding hydrogens is 338 g/mol. The van der Waals surface area contributed by atoms with E-state index in [1.54, 1.807) is 19.4 Å². The van der Waals surface area contributed by atoms with Crippen LogP contribution in [0.1, 0.15) is 5.82 Å². The summed E-state index contributed by atoms with van der Waals surface area (Å²) in [5.74, 6) is 1.97. The van der Waals surface area contributed by atoms with E-state index in [-0.39, 0.29) is 5.56 Å². The molecule has 0 unspecified atom stereocenters. The lowest BCUT2D eigenvalue weighted by Gasteiger charge is -2.10. The molecule has 0 spiro atoms. The second kappa shape index (κ2) is 6.45. The van der Waals surface area contributed by atoms with Crippen LogP contribution in [0.5, 0.6) is 5.75 Å². The van der Waals surface area contributed by atoms with Crippen LogP contribution in [0.2, 0.25) is 0 Å². The Hall–Kier alpha value is -3.06. The summed E-state index contributed by atoms with van der Waals surface area (Å²) in [6.07, 6.45) is 1.59. The molecule has 4 aromatic rings. The number of hydrogen-bond donors (Lipinski definition) is 2. The molecule has 7 heteroatoms. The Balaban J connectivity index is 1.65. The maximum atomic E-state index is 12.5. The number of rotatable bonds is 5. The summed E-state index contributed by atoms with van der Waals surface area (Å²) in [6, 6.07) is 11.2. The summed E-state index contributed by atoms with van der Waals surface area (Å²) in [5, 5.41) is 5.68. The smallest absolute Gasteiger partial charge is 0.260 e. The van der Waals surface area contributed by atoms with Crippen molar-refractivity contribution in [3.05, 3.63) is 64.2 Å². The van der Waals surface area contributed by atoms with Crippen molar-refractivity contribution in [1.82, 2.24) is 9.97 Å². The molecule has 2 N–H and O–H groups in total. The lowest BCUT2D eigenvalue weighted by molar-refractivity contribution is 0.416. The molecule has 0 saturated carbocycles. The van der Waals surface area contributed by atoms with Crippen molar-refractivity contribution >= 4 is 27.2 Å². The number of ether oxygens (including phenoxy) is 1. The highest BCUT2D eigenvalue weighted by atomic mass is 32.1. The van der Waals surface area contributed by atoms with Crippen LogP contribution < -0.4 is 15.6 Å². The van der Waals surface area contributed by atoms with E-state index < -0.39 is 0 Å². The van der Waals surface area contributed by atoms with Gasteiger partial charge >= 0.3 is 0 Å². The zero-order chi connectivity index (χ0) is 17.2. The number of H-pyrrole nitrogens is 1. The number of nitrogens with zero attached hydrogens (tertiary/aromatic N) is 1. The fourth-order valence-corrected chi connectivity index (χ4v) is 3.61. The first-order valence-electron chi connectivity index (χ1n) is 7.67. The Morgan fingerprint density at radius 3 is 2.96 bits per heavy atom. The van der Waals surface area contributed by atoms with Crippen molar-refractivity contribution in [3.8, 4) is 17.1 Å². The largest absolute Gasteiger partial charge is 0.495 e. The highest BCUT2D eigenvalue weighted by molar-refractivity contribution is 7.17. The fourth-order valence-electron chi connectivity index (χ4n) is 2.66. The van der Waals surface area contributed by atoms with Crippen LogP contribution in [0.3, 0.4) is 0 Å². The quantitative estimate of drug-likeness (QED) is 0.569. The van der Waals surface area contributed by atoms with Gasteiger partial charge in [-0.1, -0.05) is 12.1 Å². The SMILES string of the molecule is COc1ccccc1NCc1nc2scc(-c3ccco3)c2c(=O)[nH]1. The minimum absolute atomic E-state index is 0.172. The number of para-hydroxylation sites is 2. The Bertz CT molecular complexity index is 1070. The number of aromatic nitrogens is 2. The number of nitrogens with one attached hydrogen (secondary N) is 2. The van der Waals surface area contributed by atoms with Gasteiger partial charge in [-0.05, 0) is 24.3 Å². The number of anilines is 1. The third-order valence-corrected chi connectivity index (χ3v) is 4.71. The van der Waals surface area contributed by atoms with E-state index in [4.69, 9.17) is 9.15 Å². The van der Waals surface area contributed by atoms with Gasteiger partial charge in [0.15, 0.2) is 0 Å². The van der Waals surface area contributed by atoms with Crippen molar-refractivity contribution in [1.29, 1.82) is 0 Å². The molecule has 4 rings (SSSR count). The van der Waals surface area contributed by atoms with Crippen LogP contribution >= 0.6 is 11.3 Å². The maximum Gasteiger partial charge on any atom is 0.260 e. The molecular formula is C18H15N3O3S. The molecule has 0 fully saturated rings. The number of furan rings is 1. The number of hydrogen-bond acceptors (Lipinski definition) is 6. The van der Waals surface area contributed by atoms with Gasteiger partial charge in [0.2, 0.25) is 0 Å². The monoisotopic (exact) mass is 353 g/mol. The van der Waals surface area contributed by atoms with Gasteiger partial charge in [0.05, 0.1) is 31.0 Å². The van der Waals surface area contributed by atoms with Crippen LogP contribution in [0.4, 0.5) is 5.69 Å². The number of methoxy groups -OCH3 is 1. The van der Waals surface area contributed by atoms with Gasteiger partial charge in [-0.25, -0.2) is 4.98 Å². The molecule has 0 aliphatic heterocycles. The number of fused-ring (bicyclic) bond motifs is 1. The second-order valence-electron chi connectivity index (χ2n) is 5.37. The molecule has 0 saturated heterocycles. The fraction of sp³-hybridized carbons (Fsp3) is 0.111. The van der Waals surface area contributed by atoms with E-state index in [0.29, 0.717) is 28.3 Å². The Morgan fingerprint density at radius 2 is 2.16 bits per heavy atom. The molecule has 0 atom stereocenters. The topological polar surface area (TPSA) is 80.2 Å². The predicted molar refractivity (Wildman–Crippen MR) is 98.3 cm³/mol. The van der Waals surface area contributed by atoms with Gasteiger partial charge in [-0.15, -0.1) is 11.3 Å². The first-order valence-corrected chi connectivity index (χ1v) is 8.55. The molecule has 25 heavy (non-hydrogen) atoms. The van der Waals surface area contributed by atoms with Crippen molar-refractivity contribution in [3.63, 3.8) is 0 Å². The highest BCUT2D eigenvalue weighted by Crippen LogP contribution is 2.31. The van der Waals surface area contributed by atoms with Crippen LogP contribution in [-0.2, 0) is 6.54 Å². The molecule has 3 heterocycles. The number of aromatic amines is 1. The normalized spacial score (nSPS) is 10.9. The second-order valence-corrected chi connectivity index (χ2v) is 6.23. The molecule has 126 valence electrons. The van der Waals surface area contributed by atoms with Gasteiger partial charge in [0, 0.05) is 10.9 Å². The van der Waals surface area contributed by atoms with Gasteiger partial charge < -0.3 is 19.5 Å². The molecule has 0 radical (unpaired) electrons. The standard InChI is InChI=1S/C18H15N3O3S/c1-23-14-6-3-2-5-12(14)19-9-15-20-17(22)16-11(10-25-18(16)21-15)13-7-4-8-24-13/h2-8,10,19H,9H2,1H3,(H,20,21,22). The molecule has 0 bridgehead atoms. The lowest BCUT2D eigenvalue weighted by Crippen LogP contribution is -2.14. The van der Waals surface area contributed by atoms with Crippen LogP contribution in [0.25, 0.3) is 21.5 Å². The Morgan fingerprint density at radius 1 is 1.28 bits per heavy atom. The summed E-state index contributed by atoms with van der Waals surface area (Å²) >= 11 is 1.43. The van der Waals surface area contributed by atoms with Gasteiger partial charge in [-0.3, -0.25) is 4.79 Å². The summed E-state index contributed by atoms with van der Waals surface area (Å²) in [4.78, 5) is 20.6. The molecule has 1 aromatic carbocycles. The van der Waals surface area contributed by atoms with Crippen LogP contribution in [0, 0.1) is 0 Å². The number of benzene rings is 1. The van der Waals surface area contributed by atoms with Crippen LogP contribution in [0.15, 0.2) is 57.3 Å². The van der Waals surface area contributed by atoms with E-state index in [1.807, 2.05) is 35.7 Å². The minimum atomic E-state index is -0.172. The van der Waals surface area contributed by atoms with Crippen molar-refractivity contribution in [2.75, 3.05) is 12.4 Å². The first-order chi connectivity index (χ1) is 12.3. The zero-order valence-corrected chi connectivity index (χ0v) is 14.2. The summed E-state index contributed by atoms with van der Waals surface area (Å²) in [5.41, 5.74) is 1.44. The molecule has 0 amide bonds. The summed E-state index contributed by atoms with van der Waals surface area (Å²) < 4.78 is 10.7. The van der Waals surface area contributed by atoms with Gasteiger partial charge in [0.1, 0.15) is 22.2 Å². The van der Waals surface area contributed by atoms with Crippen molar-refractivity contribution in [2.45, 2.75) is 6.54 Å². The first kappa shape index (κ1) is 15.5. The minimum Gasteiger partial charge on any atom is -0.495 e. The average Bonchev–Trinajstić information content (AvgIpc) is 3.29. The molecule has 0 aliphatic carbocycles. The van der Waals surface area contributed by atoms with E-state index in [0.717, 1.165) is 17.0 Å². The third kappa shape index (κ3) is 2.89. The predicted octanol–water partition coefficient (Wildman–Crippen LogP) is 3.87. The number of thiophene rings is 1. The molecule has 3 aromatic heterocycles. The maximum absolute atomic E-state index is 12.5. The average molecular weight is 353 g/mol. The lowest BCUT2D eigenvalue weighted by atomic mass is 10.2. The van der Waals surface area contributed by atoms with E-state index in [2.05, 4.69) is 15.3 Å². The van der Waals surface area contributed by atoms with Crippen molar-refractivity contribution in [2.24, 2.45) is 0 Å². The van der Waals surface area contributed by atoms with E-state index in [9.17, 15) is 4.79 Å². The zero-order valence-electron chi connectivity index (χ0n) is 13.4. The highest BCUT2D eigenvalue weighted by Gasteiger charge is 2.14. The van der Waals surface area contributed by atoms with E-state index >= 15 is 0 Å². The van der Waals surface area contributed by atoms with Crippen molar-refractivity contribution < 1.29 is 9.15 Å². The third-order valence-electron chi connectivity index (χ3n) is 3.83. The van der Waals surface area contributed by atoms with Gasteiger partial charge in [0.25, 0.3) is 5.56 Å². The van der Waals surface area contributed by atoms with E-state index in [1.165, 1.54) is 11.3 Å².